The molecule has 1 atom stereocenters. The van der Waals surface area contributed by atoms with Crippen molar-refractivity contribution in [3.05, 3.63) is 59.9 Å². The molecule has 0 bridgehead atoms. The number of anilines is 1. The fourth-order valence-corrected chi connectivity index (χ4v) is 2.39. The minimum Gasteiger partial charge on any atom is -0.479 e. The van der Waals surface area contributed by atoms with Crippen LogP contribution < -0.4 is 9.64 Å². The second-order valence-corrected chi connectivity index (χ2v) is 6.63. The maximum Gasteiger partial charge on any atom is 0.347 e. The minimum atomic E-state index is -0.915. The number of carbonyl (C=O) groups excluding carboxylic acids is 2. The van der Waals surface area contributed by atoms with E-state index in [-0.39, 0.29) is 12.5 Å². The number of halogens is 1. The highest BCUT2D eigenvalue weighted by molar-refractivity contribution is 5.82. The number of carbonyl (C=O) groups is 2. The van der Waals surface area contributed by atoms with Crippen molar-refractivity contribution in [3.63, 3.8) is 0 Å². The van der Waals surface area contributed by atoms with Gasteiger partial charge in [-0.25, -0.2) is 9.18 Å². The van der Waals surface area contributed by atoms with Crippen LogP contribution in [0.25, 0.3) is 0 Å². The van der Waals surface area contributed by atoms with Crippen LogP contribution in [-0.4, -0.2) is 50.6 Å². The minimum absolute atomic E-state index is 0.320. The average molecular weight is 388 g/mol. The number of likely N-dealkylation sites (N-methyl/N-ethyl adjacent to an activating group) is 1. The number of ether oxygens (including phenoxy) is 2. The Labute approximate surface area is 164 Å². The van der Waals surface area contributed by atoms with Gasteiger partial charge in [0.1, 0.15) is 11.6 Å². The third-order valence-corrected chi connectivity index (χ3v) is 4.09. The van der Waals surface area contributed by atoms with Gasteiger partial charge in [-0.2, -0.15) is 0 Å². The Morgan fingerprint density at radius 3 is 2.18 bits per heavy atom. The Bertz CT molecular complexity index is 791. The first kappa shape index (κ1) is 21.2. The predicted molar refractivity (Wildman–Crippen MR) is 105 cm³/mol. The molecule has 0 aliphatic carbocycles. The molecule has 2 aromatic rings. The van der Waals surface area contributed by atoms with Crippen molar-refractivity contribution in [3.8, 4) is 5.75 Å². The van der Waals surface area contributed by atoms with Crippen molar-refractivity contribution in [2.75, 3.05) is 32.6 Å². The molecule has 0 saturated heterocycles. The highest BCUT2D eigenvalue weighted by Gasteiger charge is 2.19. The van der Waals surface area contributed by atoms with Crippen LogP contribution in [0.15, 0.2) is 48.5 Å². The van der Waals surface area contributed by atoms with E-state index < -0.39 is 17.9 Å². The maximum absolute atomic E-state index is 12.9. The summed E-state index contributed by atoms with van der Waals surface area (Å²) in [6.07, 6.45) is -0.915. The molecule has 0 radical (unpaired) electrons. The van der Waals surface area contributed by atoms with Gasteiger partial charge in [-0.05, 0) is 48.9 Å². The quantitative estimate of drug-likeness (QED) is 0.651. The number of benzene rings is 2. The number of hydrogen-bond donors (Lipinski definition) is 0. The Morgan fingerprint density at radius 1 is 1.00 bits per heavy atom. The number of hydrogen-bond acceptors (Lipinski definition) is 5. The lowest BCUT2D eigenvalue weighted by molar-refractivity contribution is -0.157. The van der Waals surface area contributed by atoms with E-state index in [9.17, 15) is 14.0 Å². The summed E-state index contributed by atoms with van der Waals surface area (Å²) in [5, 5.41) is 0. The van der Waals surface area contributed by atoms with Crippen LogP contribution >= 0.6 is 0 Å². The predicted octanol–water partition coefficient (Wildman–Crippen LogP) is 2.86. The van der Waals surface area contributed by atoms with E-state index in [0.29, 0.717) is 12.3 Å². The van der Waals surface area contributed by atoms with Crippen molar-refractivity contribution < 1.29 is 23.5 Å². The van der Waals surface area contributed by atoms with Gasteiger partial charge in [-0.1, -0.05) is 12.1 Å². The lowest BCUT2D eigenvalue weighted by atomic mass is 10.2. The molecule has 28 heavy (non-hydrogen) atoms. The van der Waals surface area contributed by atoms with Crippen LogP contribution in [0, 0.1) is 5.82 Å². The summed E-state index contributed by atoms with van der Waals surface area (Å²) < 4.78 is 23.3. The molecule has 0 heterocycles. The SMILES string of the molecule is C[C@H](Oc1ccc(F)cc1)C(=O)OCC(=O)N(C)Cc1ccc(N(C)C)cc1. The fraction of sp³-hybridized carbons (Fsp3) is 0.333. The molecule has 0 aromatic heterocycles. The molecule has 0 spiro atoms. The summed E-state index contributed by atoms with van der Waals surface area (Å²) in [6, 6.07) is 13.1. The Morgan fingerprint density at radius 2 is 1.61 bits per heavy atom. The summed E-state index contributed by atoms with van der Waals surface area (Å²) in [5.41, 5.74) is 2.04. The van der Waals surface area contributed by atoms with Gasteiger partial charge in [0, 0.05) is 33.4 Å². The molecule has 0 N–H and O–H groups in total. The van der Waals surface area contributed by atoms with E-state index in [4.69, 9.17) is 9.47 Å². The molecule has 6 nitrogen and oxygen atoms in total. The van der Waals surface area contributed by atoms with E-state index in [1.807, 2.05) is 43.3 Å². The second-order valence-electron chi connectivity index (χ2n) is 6.63. The van der Waals surface area contributed by atoms with Crippen molar-refractivity contribution in [2.24, 2.45) is 0 Å². The highest BCUT2D eigenvalue weighted by atomic mass is 19.1. The van der Waals surface area contributed by atoms with Crippen LogP contribution in [0.3, 0.4) is 0 Å². The van der Waals surface area contributed by atoms with Crippen LogP contribution in [0.4, 0.5) is 10.1 Å². The van der Waals surface area contributed by atoms with Gasteiger partial charge in [0.05, 0.1) is 0 Å². The van der Waals surface area contributed by atoms with Crippen LogP contribution in [0.5, 0.6) is 5.75 Å². The standard InChI is InChI=1S/C21H25FN2O4/c1-15(28-19-11-7-17(22)8-12-19)21(26)27-14-20(25)24(4)13-16-5-9-18(10-6-16)23(2)3/h5-12,15H,13-14H2,1-4H3/t15-/m0/s1. The molecule has 2 rings (SSSR count). The summed E-state index contributed by atoms with van der Waals surface area (Å²) in [6.45, 7) is 1.54. The summed E-state index contributed by atoms with van der Waals surface area (Å²) in [5.74, 6) is -1.04. The number of rotatable bonds is 8. The molecule has 0 aliphatic heterocycles. The normalized spacial score (nSPS) is 11.5. The first-order valence-electron chi connectivity index (χ1n) is 8.85. The van der Waals surface area contributed by atoms with E-state index in [1.165, 1.54) is 36.1 Å². The van der Waals surface area contributed by atoms with Gasteiger partial charge in [0.2, 0.25) is 0 Å². The third-order valence-electron chi connectivity index (χ3n) is 4.09. The topological polar surface area (TPSA) is 59.1 Å². The van der Waals surface area contributed by atoms with Crippen LogP contribution in [-0.2, 0) is 20.9 Å². The van der Waals surface area contributed by atoms with E-state index in [0.717, 1.165) is 11.3 Å². The van der Waals surface area contributed by atoms with Gasteiger partial charge in [-0.15, -0.1) is 0 Å². The molecule has 2 aromatic carbocycles. The summed E-state index contributed by atoms with van der Waals surface area (Å²) >= 11 is 0. The maximum atomic E-state index is 12.9. The van der Waals surface area contributed by atoms with Crippen LogP contribution in [0.1, 0.15) is 12.5 Å². The fourth-order valence-electron chi connectivity index (χ4n) is 2.39. The largest absolute Gasteiger partial charge is 0.479 e. The lowest BCUT2D eigenvalue weighted by Gasteiger charge is -2.19. The van der Waals surface area contributed by atoms with Crippen molar-refractivity contribution >= 4 is 17.6 Å². The van der Waals surface area contributed by atoms with Crippen molar-refractivity contribution in [1.29, 1.82) is 0 Å². The number of esters is 1. The molecule has 0 fully saturated rings. The Kier molecular flexibility index (Phi) is 7.37. The van der Waals surface area contributed by atoms with Gasteiger partial charge in [0.25, 0.3) is 5.91 Å². The Balaban J connectivity index is 1.79. The zero-order chi connectivity index (χ0) is 20.7. The van der Waals surface area contributed by atoms with Gasteiger partial charge in [0.15, 0.2) is 12.7 Å². The first-order chi connectivity index (χ1) is 13.3. The van der Waals surface area contributed by atoms with Crippen LogP contribution in [0.2, 0.25) is 0 Å². The summed E-state index contributed by atoms with van der Waals surface area (Å²) in [4.78, 5) is 27.7. The smallest absolute Gasteiger partial charge is 0.347 e. The summed E-state index contributed by atoms with van der Waals surface area (Å²) in [7, 11) is 5.56. The zero-order valence-electron chi connectivity index (χ0n) is 16.5. The van der Waals surface area contributed by atoms with Gasteiger partial charge < -0.3 is 19.3 Å². The molecule has 0 unspecified atom stereocenters. The molecule has 150 valence electrons. The molecule has 0 saturated carbocycles. The van der Waals surface area contributed by atoms with E-state index >= 15 is 0 Å². The number of nitrogens with zero attached hydrogens (tertiary/aromatic N) is 2. The molecule has 1 amide bonds. The third kappa shape index (κ3) is 6.26. The van der Waals surface area contributed by atoms with E-state index in [2.05, 4.69) is 0 Å². The van der Waals surface area contributed by atoms with Gasteiger partial charge in [-0.3, -0.25) is 4.79 Å². The molecule has 7 heteroatoms. The van der Waals surface area contributed by atoms with Gasteiger partial charge >= 0.3 is 5.97 Å². The first-order valence-corrected chi connectivity index (χ1v) is 8.85. The Hall–Kier alpha value is -3.09. The highest BCUT2D eigenvalue weighted by Crippen LogP contribution is 2.14. The van der Waals surface area contributed by atoms with E-state index in [1.54, 1.807) is 7.05 Å². The molecular formula is C21H25FN2O4. The van der Waals surface area contributed by atoms with Crippen molar-refractivity contribution in [2.45, 2.75) is 19.6 Å². The average Bonchev–Trinajstić information content (AvgIpc) is 2.67. The van der Waals surface area contributed by atoms with Crippen molar-refractivity contribution in [1.82, 2.24) is 4.90 Å². The molecular weight excluding hydrogens is 363 g/mol. The zero-order valence-corrected chi connectivity index (χ0v) is 16.5. The monoisotopic (exact) mass is 388 g/mol. The lowest BCUT2D eigenvalue weighted by Crippen LogP contribution is -2.34. The molecule has 0 aliphatic rings. The number of amides is 1. The second kappa shape index (κ2) is 9.73.